The number of halogens is 1. The van der Waals surface area contributed by atoms with Crippen molar-refractivity contribution >= 4 is 28.8 Å². The highest BCUT2D eigenvalue weighted by Crippen LogP contribution is 2.26. The van der Waals surface area contributed by atoms with E-state index in [-0.39, 0.29) is 18.4 Å². The molecule has 5 heteroatoms. The average molecular weight is 419 g/mol. The second kappa shape index (κ2) is 9.03. The van der Waals surface area contributed by atoms with Gasteiger partial charge in [0.2, 0.25) is 5.91 Å². The third-order valence-electron chi connectivity index (χ3n) is 4.56. The number of thiazole rings is 1. The molecule has 144 valence electrons. The van der Waals surface area contributed by atoms with Crippen molar-refractivity contribution in [3.05, 3.63) is 112 Å². The first-order valence-corrected chi connectivity index (χ1v) is 10.5. The normalized spacial score (nSPS) is 10.8. The molecule has 0 unspecified atom stereocenters. The van der Waals surface area contributed by atoms with Crippen molar-refractivity contribution in [2.24, 2.45) is 0 Å². The summed E-state index contributed by atoms with van der Waals surface area (Å²) in [6, 6.07) is 27.3. The van der Waals surface area contributed by atoms with Crippen LogP contribution in [0.2, 0.25) is 5.02 Å². The summed E-state index contributed by atoms with van der Waals surface area (Å²) in [6.07, 6.45) is 0.236. The molecule has 1 amide bonds. The first-order chi connectivity index (χ1) is 14.2. The molecule has 0 atom stereocenters. The summed E-state index contributed by atoms with van der Waals surface area (Å²) in [6.45, 7) is 0. The molecule has 4 rings (SSSR count). The van der Waals surface area contributed by atoms with E-state index in [0.29, 0.717) is 5.02 Å². The Balaban J connectivity index is 1.49. The summed E-state index contributed by atoms with van der Waals surface area (Å²) in [7, 11) is 0. The summed E-state index contributed by atoms with van der Waals surface area (Å²) in [5.41, 5.74) is 3.86. The lowest BCUT2D eigenvalue weighted by atomic mass is 9.98. The maximum Gasteiger partial charge on any atom is 0.226 e. The van der Waals surface area contributed by atoms with Gasteiger partial charge in [0.25, 0.3) is 0 Å². The molecule has 0 bridgehead atoms. The van der Waals surface area contributed by atoms with Crippen molar-refractivity contribution in [1.82, 2.24) is 10.3 Å². The van der Waals surface area contributed by atoms with Crippen LogP contribution in [0.1, 0.15) is 22.9 Å². The lowest BCUT2D eigenvalue weighted by Crippen LogP contribution is -2.30. The standard InChI is InChI=1S/C24H19ClN2OS/c25-20-13-11-19(12-14-20)24-26-21(16-29-24)15-22(28)27-23(17-7-3-1-4-8-17)18-9-5-2-6-10-18/h1-14,16,23H,15H2,(H,27,28). The molecule has 1 heterocycles. The number of hydrogen-bond donors (Lipinski definition) is 1. The number of nitrogens with zero attached hydrogens (tertiary/aromatic N) is 1. The second-order valence-corrected chi connectivity index (χ2v) is 7.94. The van der Waals surface area contributed by atoms with Crippen molar-refractivity contribution in [2.45, 2.75) is 12.5 Å². The van der Waals surface area contributed by atoms with Crippen molar-refractivity contribution in [3.63, 3.8) is 0 Å². The van der Waals surface area contributed by atoms with E-state index in [1.54, 1.807) is 0 Å². The molecule has 0 fully saturated rings. The highest BCUT2D eigenvalue weighted by molar-refractivity contribution is 7.13. The van der Waals surface area contributed by atoms with Crippen LogP contribution in [-0.2, 0) is 11.2 Å². The molecule has 0 radical (unpaired) electrons. The fraction of sp³-hybridized carbons (Fsp3) is 0.0833. The fourth-order valence-electron chi connectivity index (χ4n) is 3.14. The average Bonchev–Trinajstić information content (AvgIpc) is 3.22. The van der Waals surface area contributed by atoms with E-state index in [0.717, 1.165) is 27.4 Å². The van der Waals surface area contributed by atoms with Gasteiger partial charge in [-0.1, -0.05) is 84.4 Å². The first-order valence-electron chi connectivity index (χ1n) is 9.28. The van der Waals surface area contributed by atoms with Crippen LogP contribution < -0.4 is 5.32 Å². The quantitative estimate of drug-likeness (QED) is 0.422. The van der Waals surface area contributed by atoms with Gasteiger partial charge in [-0.25, -0.2) is 4.98 Å². The lowest BCUT2D eigenvalue weighted by Gasteiger charge is -2.19. The number of hydrogen-bond acceptors (Lipinski definition) is 3. The smallest absolute Gasteiger partial charge is 0.226 e. The Morgan fingerprint density at radius 3 is 2.07 bits per heavy atom. The van der Waals surface area contributed by atoms with Gasteiger partial charge in [-0.3, -0.25) is 4.79 Å². The van der Waals surface area contributed by atoms with E-state index in [4.69, 9.17) is 11.6 Å². The molecule has 1 N–H and O–H groups in total. The Morgan fingerprint density at radius 2 is 1.48 bits per heavy atom. The van der Waals surface area contributed by atoms with Crippen LogP contribution in [0.15, 0.2) is 90.3 Å². The van der Waals surface area contributed by atoms with Gasteiger partial charge in [0, 0.05) is 16.0 Å². The largest absolute Gasteiger partial charge is 0.345 e. The Bertz CT molecular complexity index is 1040. The third kappa shape index (κ3) is 4.91. The van der Waals surface area contributed by atoms with E-state index < -0.39 is 0 Å². The maximum absolute atomic E-state index is 12.8. The highest BCUT2D eigenvalue weighted by atomic mass is 35.5. The minimum Gasteiger partial charge on any atom is -0.345 e. The molecule has 3 nitrogen and oxygen atoms in total. The van der Waals surface area contributed by atoms with Gasteiger partial charge >= 0.3 is 0 Å². The third-order valence-corrected chi connectivity index (χ3v) is 5.75. The molecule has 0 aliphatic heterocycles. The summed E-state index contributed by atoms with van der Waals surface area (Å²) in [5.74, 6) is -0.0596. The Labute approximate surface area is 179 Å². The molecule has 0 aliphatic carbocycles. The van der Waals surface area contributed by atoms with E-state index in [9.17, 15) is 4.79 Å². The number of carbonyl (C=O) groups excluding carboxylic acids is 1. The van der Waals surface area contributed by atoms with Crippen molar-refractivity contribution in [1.29, 1.82) is 0 Å². The molecule has 3 aromatic carbocycles. The number of carbonyl (C=O) groups is 1. The second-order valence-electron chi connectivity index (χ2n) is 6.65. The predicted molar refractivity (Wildman–Crippen MR) is 119 cm³/mol. The molecule has 0 saturated carbocycles. The maximum atomic E-state index is 12.8. The molecule has 1 aromatic heterocycles. The minimum absolute atomic E-state index is 0.0596. The Hall–Kier alpha value is -2.95. The van der Waals surface area contributed by atoms with Crippen LogP contribution in [-0.4, -0.2) is 10.9 Å². The van der Waals surface area contributed by atoms with E-state index in [1.165, 1.54) is 11.3 Å². The van der Waals surface area contributed by atoms with Crippen LogP contribution in [0.25, 0.3) is 10.6 Å². The van der Waals surface area contributed by atoms with Crippen molar-refractivity contribution in [2.75, 3.05) is 0 Å². The van der Waals surface area contributed by atoms with Crippen LogP contribution in [0.4, 0.5) is 0 Å². The zero-order chi connectivity index (χ0) is 20.1. The van der Waals surface area contributed by atoms with Crippen molar-refractivity contribution in [3.8, 4) is 10.6 Å². The summed E-state index contributed by atoms with van der Waals surface area (Å²) < 4.78 is 0. The topological polar surface area (TPSA) is 42.0 Å². The summed E-state index contributed by atoms with van der Waals surface area (Å²) in [5, 5.41) is 6.67. The number of benzene rings is 3. The highest BCUT2D eigenvalue weighted by Gasteiger charge is 2.17. The number of nitrogens with one attached hydrogen (secondary N) is 1. The van der Waals surface area contributed by atoms with Crippen molar-refractivity contribution < 1.29 is 4.79 Å². The fourth-order valence-corrected chi connectivity index (χ4v) is 4.09. The SMILES string of the molecule is O=C(Cc1csc(-c2ccc(Cl)cc2)n1)NC(c1ccccc1)c1ccccc1. The molecule has 0 spiro atoms. The number of amides is 1. The predicted octanol–water partition coefficient (Wildman–Crippen LogP) is 5.91. The zero-order valence-corrected chi connectivity index (χ0v) is 17.2. The van der Waals surface area contributed by atoms with Gasteiger partial charge in [-0.05, 0) is 23.3 Å². The Morgan fingerprint density at radius 1 is 0.897 bits per heavy atom. The van der Waals surface area contributed by atoms with Gasteiger partial charge in [0.1, 0.15) is 5.01 Å². The minimum atomic E-state index is -0.195. The van der Waals surface area contributed by atoms with Gasteiger partial charge < -0.3 is 5.32 Å². The molecule has 29 heavy (non-hydrogen) atoms. The Kier molecular flexibility index (Phi) is 6.03. The van der Waals surface area contributed by atoms with Gasteiger partial charge in [0.15, 0.2) is 0 Å². The molecule has 4 aromatic rings. The van der Waals surface area contributed by atoms with Crippen LogP contribution in [0, 0.1) is 0 Å². The van der Waals surface area contributed by atoms with Gasteiger partial charge in [-0.15, -0.1) is 11.3 Å². The molecule has 0 saturated heterocycles. The van der Waals surface area contributed by atoms with E-state index >= 15 is 0 Å². The summed E-state index contributed by atoms with van der Waals surface area (Å²) >= 11 is 7.48. The molecular formula is C24H19ClN2OS. The summed E-state index contributed by atoms with van der Waals surface area (Å²) in [4.78, 5) is 17.4. The molecular weight excluding hydrogens is 400 g/mol. The molecule has 0 aliphatic rings. The van der Waals surface area contributed by atoms with E-state index in [1.807, 2.05) is 90.3 Å². The number of rotatable bonds is 6. The van der Waals surface area contributed by atoms with Crippen LogP contribution >= 0.6 is 22.9 Å². The van der Waals surface area contributed by atoms with Gasteiger partial charge in [0.05, 0.1) is 18.2 Å². The zero-order valence-electron chi connectivity index (χ0n) is 15.6. The first kappa shape index (κ1) is 19.4. The monoisotopic (exact) mass is 418 g/mol. The van der Waals surface area contributed by atoms with Crippen LogP contribution in [0.5, 0.6) is 0 Å². The van der Waals surface area contributed by atoms with E-state index in [2.05, 4.69) is 10.3 Å². The van der Waals surface area contributed by atoms with Crippen LogP contribution in [0.3, 0.4) is 0 Å². The van der Waals surface area contributed by atoms with Gasteiger partial charge in [-0.2, -0.15) is 0 Å². The lowest BCUT2D eigenvalue weighted by molar-refractivity contribution is -0.121. The number of aromatic nitrogens is 1.